The second-order valence-corrected chi connectivity index (χ2v) is 7.72. The van der Waals surface area contributed by atoms with E-state index in [0.717, 1.165) is 6.07 Å². The molecule has 1 atom stereocenters. The first-order valence-electron chi connectivity index (χ1n) is 8.86. The van der Waals surface area contributed by atoms with Crippen LogP contribution in [0, 0.1) is 0 Å². The highest BCUT2D eigenvalue weighted by atomic mass is 35.5. The Morgan fingerprint density at radius 1 is 1.17 bits per heavy atom. The molecule has 1 amide bonds. The van der Waals surface area contributed by atoms with Gasteiger partial charge in [-0.25, -0.2) is 0 Å². The van der Waals surface area contributed by atoms with Gasteiger partial charge >= 0.3 is 6.18 Å². The third-order valence-corrected chi connectivity index (χ3v) is 5.52. The average molecular weight is 456 g/mol. The molecular formula is C19H14Cl2F3N5O. The number of halogens is 5. The lowest BCUT2D eigenvalue weighted by Crippen LogP contribution is -2.46. The van der Waals surface area contributed by atoms with Crippen molar-refractivity contribution in [3.8, 4) is 11.4 Å². The number of fused-ring (bicyclic) bond motifs is 1. The Morgan fingerprint density at radius 3 is 2.60 bits per heavy atom. The van der Waals surface area contributed by atoms with Gasteiger partial charge in [-0.15, -0.1) is 10.2 Å². The maximum Gasteiger partial charge on any atom is 0.417 e. The molecule has 2 aromatic heterocycles. The second kappa shape index (κ2) is 7.55. The molecule has 11 heteroatoms. The van der Waals surface area contributed by atoms with Crippen molar-refractivity contribution in [1.82, 2.24) is 24.6 Å². The summed E-state index contributed by atoms with van der Waals surface area (Å²) in [6, 6.07) is 4.98. The normalized spacial score (nSPS) is 16.7. The largest absolute Gasteiger partial charge is 0.417 e. The van der Waals surface area contributed by atoms with E-state index in [-0.39, 0.29) is 24.0 Å². The average Bonchev–Trinajstić information content (AvgIpc) is 3.09. The van der Waals surface area contributed by atoms with Crippen LogP contribution in [0.1, 0.15) is 28.7 Å². The predicted molar refractivity (Wildman–Crippen MR) is 104 cm³/mol. The monoisotopic (exact) mass is 455 g/mol. The number of benzene rings is 1. The van der Waals surface area contributed by atoms with E-state index in [1.165, 1.54) is 23.2 Å². The summed E-state index contributed by atoms with van der Waals surface area (Å²) in [5.41, 5.74) is -0.118. The van der Waals surface area contributed by atoms with Crippen LogP contribution in [-0.4, -0.2) is 36.6 Å². The fourth-order valence-corrected chi connectivity index (χ4v) is 3.87. The van der Waals surface area contributed by atoms with Crippen LogP contribution in [0.4, 0.5) is 13.2 Å². The minimum absolute atomic E-state index is 0.0797. The van der Waals surface area contributed by atoms with E-state index >= 15 is 0 Å². The van der Waals surface area contributed by atoms with Gasteiger partial charge in [0, 0.05) is 37.1 Å². The lowest BCUT2D eigenvalue weighted by atomic mass is 10.1. The summed E-state index contributed by atoms with van der Waals surface area (Å²) >= 11 is 12.0. The van der Waals surface area contributed by atoms with Gasteiger partial charge < -0.3 is 9.47 Å². The number of pyridine rings is 1. The highest BCUT2D eigenvalue weighted by Crippen LogP contribution is 2.37. The number of hydrogen-bond donors (Lipinski definition) is 0. The van der Waals surface area contributed by atoms with Crippen molar-refractivity contribution >= 4 is 29.1 Å². The van der Waals surface area contributed by atoms with E-state index in [0.29, 0.717) is 23.0 Å². The maximum atomic E-state index is 13.1. The SMILES string of the molecule is CC1Cn2c(nnc2-c2cncc(Cl)c2)C(=O)N1Cc1cccc(C(F)(F)F)c1Cl. The fraction of sp³-hybridized carbons (Fsp3) is 0.263. The van der Waals surface area contributed by atoms with Gasteiger partial charge in [0.15, 0.2) is 5.82 Å². The molecule has 0 spiro atoms. The second-order valence-electron chi connectivity index (χ2n) is 6.91. The molecule has 1 unspecified atom stereocenters. The van der Waals surface area contributed by atoms with E-state index in [1.807, 2.05) is 0 Å². The molecular weight excluding hydrogens is 442 g/mol. The Morgan fingerprint density at radius 2 is 1.90 bits per heavy atom. The molecule has 1 aromatic carbocycles. The first-order valence-corrected chi connectivity index (χ1v) is 9.62. The molecule has 3 aromatic rings. The standard InChI is InChI=1S/C19H14Cl2F3N5O/c1-10-8-29-16(12-5-13(20)7-25-6-12)26-27-17(29)18(30)28(10)9-11-3-2-4-14(15(11)21)19(22,23)24/h2-7,10H,8-9H2,1H3. The number of aromatic nitrogens is 4. The minimum atomic E-state index is -4.58. The Balaban J connectivity index is 1.66. The number of carbonyl (C=O) groups is 1. The summed E-state index contributed by atoms with van der Waals surface area (Å²) < 4.78 is 41.1. The molecule has 1 aliphatic rings. The molecule has 0 fully saturated rings. The van der Waals surface area contributed by atoms with Crippen molar-refractivity contribution in [2.24, 2.45) is 0 Å². The molecule has 156 valence electrons. The van der Waals surface area contributed by atoms with Gasteiger partial charge in [0.1, 0.15) is 0 Å². The molecule has 0 radical (unpaired) electrons. The summed E-state index contributed by atoms with van der Waals surface area (Å²) in [4.78, 5) is 18.5. The van der Waals surface area contributed by atoms with E-state index in [9.17, 15) is 18.0 Å². The zero-order valence-corrected chi connectivity index (χ0v) is 17.0. The van der Waals surface area contributed by atoms with Gasteiger partial charge in [0.05, 0.1) is 15.6 Å². The Bertz CT molecular complexity index is 1130. The zero-order valence-electron chi connectivity index (χ0n) is 15.5. The van der Waals surface area contributed by atoms with Crippen LogP contribution in [0.2, 0.25) is 10.0 Å². The van der Waals surface area contributed by atoms with Gasteiger partial charge in [-0.1, -0.05) is 35.3 Å². The van der Waals surface area contributed by atoms with Crippen molar-refractivity contribution in [3.05, 3.63) is 63.7 Å². The van der Waals surface area contributed by atoms with Crippen molar-refractivity contribution in [2.45, 2.75) is 32.2 Å². The molecule has 0 saturated heterocycles. The molecule has 6 nitrogen and oxygen atoms in total. The van der Waals surface area contributed by atoms with Crippen LogP contribution in [0.25, 0.3) is 11.4 Å². The van der Waals surface area contributed by atoms with Gasteiger partial charge in [0.2, 0.25) is 5.82 Å². The van der Waals surface area contributed by atoms with Crippen molar-refractivity contribution < 1.29 is 18.0 Å². The minimum Gasteiger partial charge on any atom is -0.327 e. The third kappa shape index (κ3) is 3.63. The molecule has 3 heterocycles. The van der Waals surface area contributed by atoms with Crippen molar-refractivity contribution in [3.63, 3.8) is 0 Å². The van der Waals surface area contributed by atoms with Gasteiger partial charge in [-0.2, -0.15) is 13.2 Å². The fourth-order valence-electron chi connectivity index (χ4n) is 3.41. The molecule has 30 heavy (non-hydrogen) atoms. The van der Waals surface area contributed by atoms with E-state index in [4.69, 9.17) is 23.2 Å². The molecule has 0 N–H and O–H groups in total. The van der Waals surface area contributed by atoms with Crippen molar-refractivity contribution in [2.75, 3.05) is 0 Å². The summed E-state index contributed by atoms with van der Waals surface area (Å²) in [7, 11) is 0. The predicted octanol–water partition coefficient (Wildman–Crippen LogP) is 4.71. The number of alkyl halides is 3. The number of carbonyl (C=O) groups excluding carboxylic acids is 1. The Labute approximate surface area is 179 Å². The number of nitrogens with zero attached hydrogens (tertiary/aromatic N) is 5. The van der Waals surface area contributed by atoms with Crippen LogP contribution in [0.5, 0.6) is 0 Å². The summed E-state index contributed by atoms with van der Waals surface area (Å²) in [6.07, 6.45) is -1.54. The molecule has 0 saturated carbocycles. The summed E-state index contributed by atoms with van der Waals surface area (Å²) in [5, 5.41) is 8.08. The van der Waals surface area contributed by atoms with Crippen molar-refractivity contribution in [1.29, 1.82) is 0 Å². The smallest absolute Gasteiger partial charge is 0.327 e. The molecule has 1 aliphatic heterocycles. The summed E-state index contributed by atoms with van der Waals surface area (Å²) in [6.45, 7) is 2.07. The van der Waals surface area contributed by atoms with Crippen LogP contribution < -0.4 is 0 Å². The lowest BCUT2D eigenvalue weighted by Gasteiger charge is -2.34. The van der Waals surface area contributed by atoms with Crippen LogP contribution >= 0.6 is 23.2 Å². The maximum absolute atomic E-state index is 13.1. The van der Waals surface area contributed by atoms with Gasteiger partial charge in [-0.3, -0.25) is 9.78 Å². The highest BCUT2D eigenvalue weighted by molar-refractivity contribution is 6.32. The van der Waals surface area contributed by atoms with Gasteiger partial charge in [0.25, 0.3) is 5.91 Å². The van der Waals surface area contributed by atoms with E-state index in [1.54, 1.807) is 23.8 Å². The highest BCUT2D eigenvalue weighted by Gasteiger charge is 2.37. The lowest BCUT2D eigenvalue weighted by molar-refractivity contribution is -0.137. The van der Waals surface area contributed by atoms with Gasteiger partial charge in [-0.05, 0) is 24.6 Å². The summed E-state index contributed by atoms with van der Waals surface area (Å²) in [5.74, 6) is 0.0825. The van der Waals surface area contributed by atoms with Crippen LogP contribution in [0.3, 0.4) is 0 Å². The third-order valence-electron chi connectivity index (χ3n) is 4.87. The van der Waals surface area contributed by atoms with Crippen LogP contribution in [0.15, 0.2) is 36.7 Å². The first kappa shape index (κ1) is 20.6. The van der Waals surface area contributed by atoms with Crippen LogP contribution in [-0.2, 0) is 19.3 Å². The number of hydrogen-bond acceptors (Lipinski definition) is 4. The topological polar surface area (TPSA) is 63.9 Å². The number of amides is 1. The van der Waals surface area contributed by atoms with E-state index < -0.39 is 22.7 Å². The number of rotatable bonds is 3. The molecule has 4 rings (SSSR count). The Kier molecular flexibility index (Phi) is 5.19. The first-order chi connectivity index (χ1) is 14.2. The Hall–Kier alpha value is -2.65. The quantitative estimate of drug-likeness (QED) is 0.573. The zero-order chi connectivity index (χ0) is 21.6. The van der Waals surface area contributed by atoms with E-state index in [2.05, 4.69) is 15.2 Å². The molecule has 0 aliphatic carbocycles. The molecule has 0 bridgehead atoms.